The van der Waals surface area contributed by atoms with Crippen molar-refractivity contribution in [2.24, 2.45) is 0 Å². The minimum absolute atomic E-state index is 0.132. The van der Waals surface area contributed by atoms with Gasteiger partial charge in [-0.15, -0.1) is 0 Å². The van der Waals surface area contributed by atoms with Gasteiger partial charge in [0.05, 0.1) is 0 Å². The Morgan fingerprint density at radius 1 is 1.18 bits per heavy atom. The molecule has 0 fully saturated rings. The van der Waals surface area contributed by atoms with Gasteiger partial charge in [-0.3, -0.25) is 0 Å². The Labute approximate surface area is 65.8 Å². The van der Waals surface area contributed by atoms with Crippen LogP contribution in [-0.2, 0) is 9.47 Å². The number of ether oxygens (including phenoxy) is 2. The summed E-state index contributed by atoms with van der Waals surface area (Å²) in [4.78, 5) is 0. The number of hydrogen-bond acceptors (Lipinski definition) is 2. The molecule has 0 N–H and O–H groups in total. The van der Waals surface area contributed by atoms with Crippen LogP contribution in [0, 0.1) is 0 Å². The second kappa shape index (κ2) is 2.46. The molecule has 58 valence electrons. The molecule has 0 atom stereocenters. The minimum atomic E-state index is -0.132. The SMILES string of the molecule is CC1OC2=C(C=CCC=C2)O1. The molecule has 1 aliphatic carbocycles. The molecule has 0 spiro atoms. The topological polar surface area (TPSA) is 18.5 Å². The van der Waals surface area contributed by atoms with Gasteiger partial charge >= 0.3 is 0 Å². The first-order chi connectivity index (χ1) is 5.36. The average molecular weight is 150 g/mol. The Bertz CT molecular complexity index is 224. The van der Waals surface area contributed by atoms with Crippen LogP contribution in [0.3, 0.4) is 0 Å². The zero-order valence-corrected chi connectivity index (χ0v) is 6.41. The summed E-state index contributed by atoms with van der Waals surface area (Å²) in [7, 11) is 0. The van der Waals surface area contributed by atoms with Crippen LogP contribution >= 0.6 is 0 Å². The largest absolute Gasteiger partial charge is 0.451 e. The molecule has 0 saturated carbocycles. The van der Waals surface area contributed by atoms with Crippen LogP contribution in [-0.4, -0.2) is 6.29 Å². The van der Waals surface area contributed by atoms with Gasteiger partial charge in [0, 0.05) is 6.92 Å². The molecule has 1 heterocycles. The van der Waals surface area contributed by atoms with Crippen molar-refractivity contribution in [2.75, 3.05) is 0 Å². The summed E-state index contributed by atoms with van der Waals surface area (Å²) in [5, 5.41) is 0. The molecule has 0 aromatic carbocycles. The Morgan fingerprint density at radius 3 is 2.27 bits per heavy atom. The summed E-state index contributed by atoms with van der Waals surface area (Å²) in [6.07, 6.45) is 8.85. The van der Waals surface area contributed by atoms with E-state index in [1.54, 1.807) is 0 Å². The van der Waals surface area contributed by atoms with Crippen molar-refractivity contribution in [1.29, 1.82) is 0 Å². The second-order valence-corrected chi connectivity index (χ2v) is 2.57. The smallest absolute Gasteiger partial charge is 0.238 e. The van der Waals surface area contributed by atoms with Crippen molar-refractivity contribution in [1.82, 2.24) is 0 Å². The summed E-state index contributed by atoms with van der Waals surface area (Å²) < 4.78 is 10.7. The van der Waals surface area contributed by atoms with E-state index in [4.69, 9.17) is 9.47 Å². The predicted molar refractivity (Wildman–Crippen MR) is 41.6 cm³/mol. The lowest BCUT2D eigenvalue weighted by Crippen LogP contribution is -2.00. The molecule has 0 aromatic rings. The molecule has 1 aliphatic heterocycles. The monoisotopic (exact) mass is 150 g/mol. The lowest BCUT2D eigenvalue weighted by molar-refractivity contribution is -0.0176. The van der Waals surface area contributed by atoms with Gasteiger partial charge in [0.25, 0.3) is 0 Å². The van der Waals surface area contributed by atoms with Crippen LogP contribution in [0.2, 0.25) is 0 Å². The highest BCUT2D eigenvalue weighted by molar-refractivity contribution is 5.30. The van der Waals surface area contributed by atoms with E-state index in [2.05, 4.69) is 12.2 Å². The molecule has 0 aromatic heterocycles. The normalized spacial score (nSPS) is 22.6. The van der Waals surface area contributed by atoms with Crippen LogP contribution < -0.4 is 0 Å². The van der Waals surface area contributed by atoms with Crippen LogP contribution in [0.5, 0.6) is 0 Å². The molecule has 0 amide bonds. The van der Waals surface area contributed by atoms with E-state index in [0.717, 1.165) is 17.9 Å². The first-order valence-corrected chi connectivity index (χ1v) is 3.77. The molecule has 0 unspecified atom stereocenters. The zero-order chi connectivity index (χ0) is 7.68. The lowest BCUT2D eigenvalue weighted by Gasteiger charge is -2.03. The summed E-state index contributed by atoms with van der Waals surface area (Å²) in [5.41, 5.74) is 0. The summed E-state index contributed by atoms with van der Waals surface area (Å²) in [5.74, 6) is 1.71. The van der Waals surface area contributed by atoms with Crippen molar-refractivity contribution in [2.45, 2.75) is 19.6 Å². The van der Waals surface area contributed by atoms with E-state index in [-0.39, 0.29) is 6.29 Å². The Kier molecular flexibility index (Phi) is 1.46. The predicted octanol–water partition coefficient (Wildman–Crippen LogP) is 2.11. The molecule has 0 saturated heterocycles. The van der Waals surface area contributed by atoms with Gasteiger partial charge < -0.3 is 9.47 Å². The first kappa shape index (κ1) is 6.53. The van der Waals surface area contributed by atoms with E-state index in [1.807, 2.05) is 19.1 Å². The summed E-state index contributed by atoms with van der Waals surface area (Å²) in [6.45, 7) is 1.89. The fourth-order valence-electron chi connectivity index (χ4n) is 1.17. The van der Waals surface area contributed by atoms with Crippen LogP contribution in [0.1, 0.15) is 13.3 Å². The molecule has 2 aliphatic rings. The minimum Gasteiger partial charge on any atom is -0.451 e. The van der Waals surface area contributed by atoms with Gasteiger partial charge in [0.1, 0.15) is 0 Å². The highest BCUT2D eigenvalue weighted by Crippen LogP contribution is 2.25. The van der Waals surface area contributed by atoms with Crippen molar-refractivity contribution in [3.05, 3.63) is 35.8 Å². The van der Waals surface area contributed by atoms with Crippen molar-refractivity contribution in [3.63, 3.8) is 0 Å². The van der Waals surface area contributed by atoms with Crippen LogP contribution in [0.4, 0.5) is 0 Å². The van der Waals surface area contributed by atoms with Gasteiger partial charge in [-0.05, 0) is 18.6 Å². The van der Waals surface area contributed by atoms with Gasteiger partial charge in [-0.1, -0.05) is 12.2 Å². The molecule has 2 nitrogen and oxygen atoms in total. The fourth-order valence-corrected chi connectivity index (χ4v) is 1.17. The molecule has 11 heavy (non-hydrogen) atoms. The third-order valence-corrected chi connectivity index (χ3v) is 1.64. The third kappa shape index (κ3) is 1.16. The maximum atomic E-state index is 5.36. The average Bonchev–Trinajstić information content (AvgIpc) is 2.17. The maximum Gasteiger partial charge on any atom is 0.238 e. The van der Waals surface area contributed by atoms with Crippen LogP contribution in [0.25, 0.3) is 0 Å². The highest BCUT2D eigenvalue weighted by Gasteiger charge is 2.19. The van der Waals surface area contributed by atoms with E-state index in [9.17, 15) is 0 Å². The van der Waals surface area contributed by atoms with Gasteiger partial charge in [-0.25, -0.2) is 0 Å². The molecule has 0 bridgehead atoms. The van der Waals surface area contributed by atoms with E-state index in [1.165, 1.54) is 0 Å². The van der Waals surface area contributed by atoms with Crippen LogP contribution in [0.15, 0.2) is 35.8 Å². The van der Waals surface area contributed by atoms with E-state index >= 15 is 0 Å². The summed E-state index contributed by atoms with van der Waals surface area (Å²) >= 11 is 0. The van der Waals surface area contributed by atoms with Gasteiger partial charge in [-0.2, -0.15) is 0 Å². The zero-order valence-electron chi connectivity index (χ0n) is 6.41. The van der Waals surface area contributed by atoms with E-state index in [0.29, 0.717) is 0 Å². The Balaban J connectivity index is 2.28. The molecular weight excluding hydrogens is 140 g/mol. The third-order valence-electron chi connectivity index (χ3n) is 1.64. The van der Waals surface area contributed by atoms with Gasteiger partial charge in [0.15, 0.2) is 11.5 Å². The molecular formula is C9H10O2. The number of rotatable bonds is 0. The summed E-state index contributed by atoms with van der Waals surface area (Å²) in [6, 6.07) is 0. The lowest BCUT2D eigenvalue weighted by atomic mass is 10.4. The second-order valence-electron chi connectivity index (χ2n) is 2.57. The number of allylic oxidation sites excluding steroid dienone is 4. The van der Waals surface area contributed by atoms with E-state index < -0.39 is 0 Å². The first-order valence-electron chi connectivity index (χ1n) is 3.77. The Morgan fingerprint density at radius 2 is 1.73 bits per heavy atom. The maximum absolute atomic E-state index is 5.36. The highest BCUT2D eigenvalue weighted by atomic mass is 16.7. The quantitative estimate of drug-likeness (QED) is 0.526. The van der Waals surface area contributed by atoms with Gasteiger partial charge in [0.2, 0.25) is 6.29 Å². The van der Waals surface area contributed by atoms with Crippen molar-refractivity contribution >= 4 is 0 Å². The number of hydrogen-bond donors (Lipinski definition) is 0. The molecule has 2 heteroatoms. The fraction of sp³-hybridized carbons (Fsp3) is 0.333. The van der Waals surface area contributed by atoms with Crippen molar-refractivity contribution in [3.8, 4) is 0 Å². The standard InChI is InChI=1S/C9H10O2/c1-7-10-8-5-3-2-4-6-9(8)11-7/h3-7H,2H2,1H3. The Hall–Kier alpha value is -1.18. The molecule has 2 rings (SSSR count). The molecule has 0 radical (unpaired) electrons. The van der Waals surface area contributed by atoms with Crippen molar-refractivity contribution < 1.29 is 9.47 Å².